The third-order valence-electron chi connectivity index (χ3n) is 2.26. The van der Waals surface area contributed by atoms with E-state index in [9.17, 15) is 52.7 Å². The monoisotopic (exact) mass is 316 g/mol. The second kappa shape index (κ2) is 3.41. The van der Waals surface area contributed by atoms with Gasteiger partial charge in [0.2, 0.25) is 0 Å². The summed E-state index contributed by atoms with van der Waals surface area (Å²) >= 11 is 0. The van der Waals surface area contributed by atoms with E-state index in [4.69, 9.17) is 0 Å². The Hall–Kier alpha value is -0.880. The van der Waals surface area contributed by atoms with Gasteiger partial charge < -0.3 is 0 Å². The van der Waals surface area contributed by atoms with Crippen LogP contribution >= 0.6 is 0 Å². The van der Waals surface area contributed by atoms with Crippen molar-refractivity contribution in [3.05, 3.63) is 0 Å². The minimum absolute atomic E-state index is 1.79. The van der Waals surface area contributed by atoms with Crippen molar-refractivity contribution in [3.8, 4) is 0 Å². The predicted molar refractivity (Wildman–Crippen MR) is 30.8 cm³/mol. The summed E-state index contributed by atoms with van der Waals surface area (Å²) < 4.78 is 149. The number of hydrogen-bond acceptors (Lipinski definition) is 1. The Labute approximate surface area is 94.7 Å². The molecule has 1 heterocycles. The maximum atomic E-state index is 12.9. The van der Waals surface area contributed by atoms with Gasteiger partial charge in [-0.05, 0) is 0 Å². The lowest BCUT2D eigenvalue weighted by Crippen LogP contribution is -2.66. The van der Waals surface area contributed by atoms with Crippen LogP contribution in [-0.4, -0.2) is 35.9 Å². The average molecular weight is 316 g/mol. The van der Waals surface area contributed by atoms with E-state index in [1.807, 2.05) is 0 Å². The molecule has 0 amide bonds. The van der Waals surface area contributed by atoms with Crippen LogP contribution in [-0.2, 0) is 4.74 Å². The van der Waals surface area contributed by atoms with Crippen LogP contribution in [0.5, 0.6) is 0 Å². The van der Waals surface area contributed by atoms with E-state index in [0.29, 0.717) is 0 Å². The highest BCUT2D eigenvalue weighted by atomic mass is 19.4. The molecule has 1 nitrogen and oxygen atoms in total. The van der Waals surface area contributed by atoms with Crippen molar-refractivity contribution in [1.29, 1.82) is 0 Å². The lowest BCUT2D eigenvalue weighted by atomic mass is 9.93. The van der Waals surface area contributed by atoms with Crippen molar-refractivity contribution in [3.63, 3.8) is 0 Å². The molecule has 0 bridgehead atoms. The molecule has 19 heavy (non-hydrogen) atoms. The molecule has 2 atom stereocenters. The zero-order valence-electron chi connectivity index (χ0n) is 7.94. The minimum Gasteiger partial charge on any atom is -0.267 e. The Balaban J connectivity index is 3.62. The second-order valence-corrected chi connectivity index (χ2v) is 3.44. The molecule has 1 aliphatic heterocycles. The normalized spacial score (nSPS) is 38.5. The Morgan fingerprint density at radius 3 is 1.16 bits per heavy atom. The molecule has 0 aliphatic carbocycles. The van der Waals surface area contributed by atoms with E-state index >= 15 is 0 Å². The van der Waals surface area contributed by atoms with Gasteiger partial charge in [-0.2, -0.15) is 48.3 Å². The van der Waals surface area contributed by atoms with Crippen LogP contribution in [0.3, 0.4) is 0 Å². The summed E-state index contributed by atoms with van der Waals surface area (Å²) in [6.45, 7) is 0. The molecule has 1 fully saturated rings. The third kappa shape index (κ3) is 1.56. The molecule has 0 aromatic carbocycles. The highest BCUT2D eigenvalue weighted by Gasteiger charge is 3.00. The van der Waals surface area contributed by atoms with Gasteiger partial charge >= 0.3 is 35.9 Å². The van der Waals surface area contributed by atoms with E-state index in [0.717, 1.165) is 0 Å². The first-order chi connectivity index (χ1) is 7.96. The van der Waals surface area contributed by atoms with Gasteiger partial charge in [0, 0.05) is 0 Å². The Morgan fingerprint density at radius 2 is 1.00 bits per heavy atom. The largest absolute Gasteiger partial charge is 0.455 e. The Morgan fingerprint density at radius 1 is 0.632 bits per heavy atom. The predicted octanol–water partition coefficient (Wildman–Crippen LogP) is 3.74. The van der Waals surface area contributed by atoms with Gasteiger partial charge in [-0.25, -0.2) is 4.39 Å². The number of halogens is 12. The fourth-order valence-corrected chi connectivity index (χ4v) is 1.29. The first kappa shape index (κ1) is 16.2. The van der Waals surface area contributed by atoms with Crippen molar-refractivity contribution in [2.24, 2.45) is 0 Å². The molecule has 1 saturated heterocycles. The maximum Gasteiger partial charge on any atom is 0.455 e. The molecular weight excluding hydrogens is 316 g/mol. The summed E-state index contributed by atoms with van der Waals surface area (Å²) in [6, 6.07) is 0. The summed E-state index contributed by atoms with van der Waals surface area (Å²) in [5, 5.41) is 0. The van der Waals surface area contributed by atoms with Gasteiger partial charge in [-0.1, -0.05) is 0 Å². The van der Waals surface area contributed by atoms with Crippen molar-refractivity contribution < 1.29 is 57.4 Å². The van der Waals surface area contributed by atoms with Gasteiger partial charge in [-0.3, -0.25) is 4.74 Å². The second-order valence-electron chi connectivity index (χ2n) is 3.44. The van der Waals surface area contributed by atoms with E-state index in [1.54, 1.807) is 4.74 Å². The molecule has 13 heteroatoms. The van der Waals surface area contributed by atoms with Crippen LogP contribution in [0.25, 0.3) is 0 Å². The van der Waals surface area contributed by atoms with Crippen LogP contribution in [0.2, 0.25) is 0 Å². The highest BCUT2D eigenvalue weighted by Crippen LogP contribution is 2.68. The zero-order chi connectivity index (χ0) is 15.7. The zero-order valence-corrected chi connectivity index (χ0v) is 7.94. The number of alkyl halides is 12. The van der Waals surface area contributed by atoms with E-state index in [2.05, 4.69) is 0 Å². The summed E-state index contributed by atoms with van der Waals surface area (Å²) in [5.41, 5.74) is -7.17. The molecule has 1 aliphatic rings. The quantitative estimate of drug-likeness (QED) is 0.619. The Bertz CT molecular complexity index is 381. The average Bonchev–Trinajstić information content (AvgIpc) is 2.21. The smallest absolute Gasteiger partial charge is 0.267 e. The molecular formula is C6F12O. The van der Waals surface area contributed by atoms with E-state index in [-0.39, 0.29) is 0 Å². The van der Waals surface area contributed by atoms with Gasteiger partial charge in [0.1, 0.15) is 0 Å². The third-order valence-corrected chi connectivity index (χ3v) is 2.26. The SMILES string of the molecule is FC(F)(F)C1(F)OC(F)(F)C(F)(C(F)(F)F)C1(F)F. The number of rotatable bonds is 0. The topological polar surface area (TPSA) is 9.23 Å². The lowest BCUT2D eigenvalue weighted by Gasteiger charge is -2.32. The lowest BCUT2D eigenvalue weighted by molar-refractivity contribution is -0.406. The van der Waals surface area contributed by atoms with Crippen LogP contribution in [0.1, 0.15) is 0 Å². The molecule has 0 saturated carbocycles. The maximum absolute atomic E-state index is 12.9. The molecule has 0 aromatic heterocycles. The first-order valence-corrected chi connectivity index (χ1v) is 3.93. The van der Waals surface area contributed by atoms with Crippen LogP contribution in [0, 0.1) is 0 Å². The fraction of sp³-hybridized carbons (Fsp3) is 1.00. The van der Waals surface area contributed by atoms with Gasteiger partial charge in [0.25, 0.3) is 0 Å². The summed E-state index contributed by atoms with van der Waals surface area (Å²) in [4.78, 5) is 0. The van der Waals surface area contributed by atoms with Crippen LogP contribution in [0.15, 0.2) is 0 Å². The molecule has 0 N–H and O–H groups in total. The van der Waals surface area contributed by atoms with E-state index in [1.165, 1.54) is 0 Å². The minimum atomic E-state index is -7.25. The van der Waals surface area contributed by atoms with Crippen LogP contribution in [0.4, 0.5) is 52.7 Å². The summed E-state index contributed by atoms with van der Waals surface area (Å²) in [5.74, 6) is -14.1. The molecule has 2 unspecified atom stereocenters. The summed E-state index contributed by atoms with van der Waals surface area (Å²) in [6.07, 6.45) is -21.0. The number of ether oxygens (including phenoxy) is 1. The van der Waals surface area contributed by atoms with Crippen molar-refractivity contribution >= 4 is 0 Å². The van der Waals surface area contributed by atoms with Gasteiger partial charge in [0.05, 0.1) is 0 Å². The molecule has 1 rings (SSSR count). The van der Waals surface area contributed by atoms with Crippen molar-refractivity contribution in [2.45, 2.75) is 35.9 Å². The standard InChI is InChI=1S/C6F12O/c7-1(4(11,12)13)2(8,9)3(10,5(14,15)16)19-6(1,17)18. The molecule has 0 radical (unpaired) electrons. The first-order valence-electron chi connectivity index (χ1n) is 3.93. The van der Waals surface area contributed by atoms with E-state index < -0.39 is 35.9 Å². The van der Waals surface area contributed by atoms with Gasteiger partial charge in [-0.15, -0.1) is 0 Å². The van der Waals surface area contributed by atoms with Crippen LogP contribution < -0.4 is 0 Å². The summed E-state index contributed by atoms with van der Waals surface area (Å²) in [7, 11) is 0. The highest BCUT2D eigenvalue weighted by molar-refractivity contribution is 5.19. The van der Waals surface area contributed by atoms with Crippen molar-refractivity contribution in [1.82, 2.24) is 0 Å². The van der Waals surface area contributed by atoms with Gasteiger partial charge in [0.15, 0.2) is 0 Å². The fourth-order valence-electron chi connectivity index (χ4n) is 1.29. The Kier molecular flexibility index (Phi) is 2.90. The van der Waals surface area contributed by atoms with Crippen molar-refractivity contribution in [2.75, 3.05) is 0 Å². The molecule has 114 valence electrons. The molecule has 0 spiro atoms. The number of hydrogen-bond donors (Lipinski definition) is 0. The molecule has 0 aromatic rings.